The smallest absolute Gasteiger partial charge is 0.0596 e. The van der Waals surface area contributed by atoms with E-state index in [-0.39, 0.29) is 0 Å². The fourth-order valence-electron chi connectivity index (χ4n) is 1.99. The molecule has 16 heavy (non-hydrogen) atoms. The van der Waals surface area contributed by atoms with Crippen LogP contribution in [0.1, 0.15) is 38.1 Å². The van der Waals surface area contributed by atoms with Gasteiger partial charge in [0.25, 0.3) is 0 Å². The van der Waals surface area contributed by atoms with Gasteiger partial charge in [-0.15, -0.1) is 0 Å². The third-order valence-corrected chi connectivity index (χ3v) is 3.03. The van der Waals surface area contributed by atoms with Crippen molar-refractivity contribution in [2.75, 3.05) is 13.1 Å². The molecular formula is C13H25N3. The Kier molecular flexibility index (Phi) is 5.53. The molecule has 1 heterocycles. The van der Waals surface area contributed by atoms with E-state index in [0.29, 0.717) is 0 Å². The molecule has 0 saturated heterocycles. The molecule has 0 aliphatic carbocycles. The maximum Gasteiger partial charge on any atom is 0.0596 e. The van der Waals surface area contributed by atoms with Crippen LogP contribution in [0.5, 0.6) is 0 Å². The number of hydrogen-bond donors (Lipinski definition) is 1. The lowest BCUT2D eigenvalue weighted by Crippen LogP contribution is -2.25. The minimum absolute atomic E-state index is 0.723. The molecule has 0 aliphatic heterocycles. The van der Waals surface area contributed by atoms with Crippen LogP contribution in [0.4, 0.5) is 0 Å². The minimum atomic E-state index is 0.723. The van der Waals surface area contributed by atoms with Crippen LogP contribution in [0, 0.1) is 12.8 Å². The Hall–Kier alpha value is -0.830. The van der Waals surface area contributed by atoms with Gasteiger partial charge in [0.1, 0.15) is 0 Å². The Balaban J connectivity index is 2.46. The molecule has 0 aliphatic rings. The third-order valence-electron chi connectivity index (χ3n) is 3.03. The van der Waals surface area contributed by atoms with E-state index >= 15 is 0 Å². The second kappa shape index (κ2) is 6.69. The summed E-state index contributed by atoms with van der Waals surface area (Å²) in [6.45, 7) is 8.77. The zero-order chi connectivity index (χ0) is 12.0. The molecule has 1 N–H and O–H groups in total. The van der Waals surface area contributed by atoms with Crippen molar-refractivity contribution in [3.63, 3.8) is 0 Å². The van der Waals surface area contributed by atoms with Gasteiger partial charge in [0.15, 0.2) is 0 Å². The summed E-state index contributed by atoms with van der Waals surface area (Å²) in [7, 11) is 2.04. The van der Waals surface area contributed by atoms with Crippen molar-refractivity contribution in [1.82, 2.24) is 15.1 Å². The van der Waals surface area contributed by atoms with Gasteiger partial charge in [-0.3, -0.25) is 4.68 Å². The van der Waals surface area contributed by atoms with Crippen LogP contribution in [-0.4, -0.2) is 22.9 Å². The molecule has 92 valence electrons. The van der Waals surface area contributed by atoms with Gasteiger partial charge in [-0.05, 0) is 44.8 Å². The van der Waals surface area contributed by atoms with Gasteiger partial charge in [0.2, 0.25) is 0 Å². The molecule has 0 spiro atoms. The largest absolute Gasteiger partial charge is 0.316 e. The first kappa shape index (κ1) is 13.2. The van der Waals surface area contributed by atoms with Crippen LogP contribution in [0.15, 0.2) is 6.07 Å². The van der Waals surface area contributed by atoms with E-state index < -0.39 is 0 Å². The Bertz CT molecular complexity index is 304. The molecule has 0 bridgehead atoms. The predicted molar refractivity (Wildman–Crippen MR) is 68.6 cm³/mol. The lowest BCUT2D eigenvalue weighted by atomic mass is 10.00. The molecule has 1 rings (SSSR count). The van der Waals surface area contributed by atoms with E-state index in [1.54, 1.807) is 0 Å². The van der Waals surface area contributed by atoms with Crippen LogP contribution in [0.3, 0.4) is 0 Å². The van der Waals surface area contributed by atoms with Gasteiger partial charge in [0, 0.05) is 12.7 Å². The molecule has 1 unspecified atom stereocenters. The maximum absolute atomic E-state index is 4.39. The second-order valence-electron chi connectivity index (χ2n) is 4.58. The van der Waals surface area contributed by atoms with Gasteiger partial charge in [0.05, 0.1) is 5.69 Å². The van der Waals surface area contributed by atoms with Gasteiger partial charge >= 0.3 is 0 Å². The van der Waals surface area contributed by atoms with Gasteiger partial charge in [-0.25, -0.2) is 0 Å². The van der Waals surface area contributed by atoms with E-state index in [9.17, 15) is 0 Å². The molecule has 0 aromatic carbocycles. The van der Waals surface area contributed by atoms with Crippen molar-refractivity contribution in [3.05, 3.63) is 17.5 Å². The van der Waals surface area contributed by atoms with E-state index in [1.807, 2.05) is 11.7 Å². The average Bonchev–Trinajstić information content (AvgIpc) is 2.56. The first-order valence-corrected chi connectivity index (χ1v) is 6.37. The van der Waals surface area contributed by atoms with Crippen molar-refractivity contribution < 1.29 is 0 Å². The molecule has 1 atom stereocenters. The Morgan fingerprint density at radius 1 is 1.44 bits per heavy atom. The van der Waals surface area contributed by atoms with Crippen molar-refractivity contribution >= 4 is 0 Å². The molecule has 0 radical (unpaired) electrons. The SMILES string of the molecule is CCCNCC(CC)Cc1cc(C)nn1C. The fourth-order valence-corrected chi connectivity index (χ4v) is 1.99. The zero-order valence-corrected chi connectivity index (χ0v) is 11.1. The summed E-state index contributed by atoms with van der Waals surface area (Å²) in [6.07, 6.45) is 3.56. The van der Waals surface area contributed by atoms with E-state index in [1.165, 1.54) is 18.5 Å². The lowest BCUT2D eigenvalue weighted by molar-refractivity contribution is 0.448. The number of nitrogens with one attached hydrogen (secondary N) is 1. The van der Waals surface area contributed by atoms with Gasteiger partial charge < -0.3 is 5.32 Å². The molecule has 0 amide bonds. The lowest BCUT2D eigenvalue weighted by Gasteiger charge is -2.15. The standard InChI is InChI=1S/C13H25N3/c1-5-7-14-10-12(6-2)9-13-8-11(3)15-16(13)4/h8,12,14H,5-7,9-10H2,1-4H3. The van der Waals surface area contributed by atoms with E-state index in [2.05, 4.69) is 37.3 Å². The van der Waals surface area contributed by atoms with Crippen molar-refractivity contribution in [2.24, 2.45) is 13.0 Å². The number of nitrogens with zero attached hydrogens (tertiary/aromatic N) is 2. The summed E-state index contributed by atoms with van der Waals surface area (Å²) in [4.78, 5) is 0. The molecule has 3 heteroatoms. The van der Waals surface area contributed by atoms with Gasteiger partial charge in [-0.2, -0.15) is 5.10 Å². The highest BCUT2D eigenvalue weighted by molar-refractivity contribution is 5.09. The predicted octanol–water partition coefficient (Wildman–Crippen LogP) is 2.30. The highest BCUT2D eigenvalue weighted by atomic mass is 15.3. The summed E-state index contributed by atoms with van der Waals surface area (Å²) < 4.78 is 2.01. The minimum Gasteiger partial charge on any atom is -0.316 e. The molecule has 1 aromatic rings. The van der Waals surface area contributed by atoms with Crippen molar-refractivity contribution in [1.29, 1.82) is 0 Å². The van der Waals surface area contributed by atoms with Crippen LogP contribution >= 0.6 is 0 Å². The average molecular weight is 223 g/mol. The molecule has 1 aromatic heterocycles. The van der Waals surface area contributed by atoms with Crippen LogP contribution < -0.4 is 5.32 Å². The monoisotopic (exact) mass is 223 g/mol. The highest BCUT2D eigenvalue weighted by Gasteiger charge is 2.10. The normalized spacial score (nSPS) is 13.0. The van der Waals surface area contributed by atoms with Gasteiger partial charge in [-0.1, -0.05) is 20.3 Å². The summed E-state index contributed by atoms with van der Waals surface area (Å²) in [5, 5.41) is 7.89. The van der Waals surface area contributed by atoms with Crippen LogP contribution in [0.2, 0.25) is 0 Å². The molecule has 0 saturated carbocycles. The molecular weight excluding hydrogens is 198 g/mol. The second-order valence-corrected chi connectivity index (χ2v) is 4.58. The highest BCUT2D eigenvalue weighted by Crippen LogP contribution is 2.12. The maximum atomic E-state index is 4.39. The summed E-state index contributed by atoms with van der Waals surface area (Å²) >= 11 is 0. The number of rotatable bonds is 7. The molecule has 3 nitrogen and oxygen atoms in total. The van der Waals surface area contributed by atoms with Crippen molar-refractivity contribution in [3.8, 4) is 0 Å². The van der Waals surface area contributed by atoms with E-state index in [4.69, 9.17) is 0 Å². The Morgan fingerprint density at radius 3 is 2.69 bits per heavy atom. The first-order valence-electron chi connectivity index (χ1n) is 6.37. The summed E-state index contributed by atoms with van der Waals surface area (Å²) in [6, 6.07) is 2.20. The van der Waals surface area contributed by atoms with Crippen molar-refractivity contribution in [2.45, 2.75) is 40.0 Å². The topological polar surface area (TPSA) is 29.9 Å². The fraction of sp³-hybridized carbons (Fsp3) is 0.769. The Morgan fingerprint density at radius 2 is 2.19 bits per heavy atom. The third kappa shape index (κ3) is 3.97. The quantitative estimate of drug-likeness (QED) is 0.719. The number of hydrogen-bond acceptors (Lipinski definition) is 2. The summed E-state index contributed by atoms with van der Waals surface area (Å²) in [5.41, 5.74) is 2.47. The zero-order valence-electron chi connectivity index (χ0n) is 11.1. The summed E-state index contributed by atoms with van der Waals surface area (Å²) in [5.74, 6) is 0.723. The van der Waals surface area contributed by atoms with Crippen LogP contribution in [0.25, 0.3) is 0 Å². The Labute approximate surface area is 99.2 Å². The molecule has 0 fully saturated rings. The number of aromatic nitrogens is 2. The van der Waals surface area contributed by atoms with E-state index in [0.717, 1.165) is 31.1 Å². The van der Waals surface area contributed by atoms with Crippen LogP contribution in [-0.2, 0) is 13.5 Å². The first-order chi connectivity index (χ1) is 7.67. The number of aryl methyl sites for hydroxylation is 2.